The van der Waals surface area contributed by atoms with Crippen molar-refractivity contribution >= 4 is 27.9 Å². The monoisotopic (exact) mass is 206 g/mol. The van der Waals surface area contributed by atoms with Gasteiger partial charge in [0.1, 0.15) is 0 Å². The van der Waals surface area contributed by atoms with Gasteiger partial charge in [-0.15, -0.1) is 0 Å². The van der Waals surface area contributed by atoms with Crippen LogP contribution in [0.5, 0.6) is 0 Å². The normalized spacial score (nSPS) is 13.1. The molecular weight excluding hydrogens is 179 g/mol. The molecule has 0 aliphatic rings. The second-order valence-electron chi connectivity index (χ2n) is 5.01. The van der Waals surface area contributed by atoms with Gasteiger partial charge < -0.3 is 0 Å². The molecule has 1 heteroatoms. The van der Waals surface area contributed by atoms with Gasteiger partial charge in [-0.2, -0.15) is 0 Å². The van der Waals surface area contributed by atoms with Crippen LogP contribution in [0.2, 0.25) is 3.17 Å². The fourth-order valence-corrected chi connectivity index (χ4v) is 2.27. The molecule has 1 atom stereocenters. The molecule has 0 saturated carbocycles. The summed E-state index contributed by atoms with van der Waals surface area (Å²) >= 11 is 1.39. The summed E-state index contributed by atoms with van der Waals surface area (Å²) in [6.45, 7) is 4.67. The van der Waals surface area contributed by atoms with Crippen LogP contribution in [0.1, 0.15) is 78.1 Å². The molecule has 0 spiro atoms. The van der Waals surface area contributed by atoms with Gasteiger partial charge in [0, 0.05) is 0 Å². The molecule has 0 N–H and O–H groups in total. The van der Waals surface area contributed by atoms with Crippen LogP contribution in [0.4, 0.5) is 0 Å². The fourth-order valence-electron chi connectivity index (χ4n) is 1.86. The number of unbranched alkanes of at least 4 members (excludes halogenated alkanes) is 8. The van der Waals surface area contributed by atoms with E-state index in [2.05, 4.69) is 13.8 Å². The van der Waals surface area contributed by atoms with Crippen LogP contribution in [-0.4, -0.2) is 27.9 Å². The van der Waals surface area contributed by atoms with Crippen molar-refractivity contribution in [2.24, 2.45) is 0 Å². The second-order valence-corrected chi connectivity index (χ2v) is 6.98. The Morgan fingerprint density at radius 3 is 1.64 bits per heavy atom. The summed E-state index contributed by atoms with van der Waals surface area (Å²) in [5.41, 5.74) is 0. The zero-order valence-electron chi connectivity index (χ0n) is 10.6. The molecule has 0 nitrogen and oxygen atoms in total. The fraction of sp³-hybridized carbons (Fsp3) is 1.00. The third-order valence-corrected chi connectivity index (χ3v) is 3.46. The number of rotatable bonds is 10. The van der Waals surface area contributed by atoms with Crippen LogP contribution >= 0.6 is 0 Å². The zero-order valence-corrected chi connectivity index (χ0v) is 12.6. The first-order valence-corrected chi connectivity index (χ1v) is 7.92. The van der Waals surface area contributed by atoms with Gasteiger partial charge in [0.2, 0.25) is 0 Å². The summed E-state index contributed by atoms with van der Waals surface area (Å²) in [4.78, 5) is 0. The maximum atomic E-state index is 2.39. The first-order valence-electron chi connectivity index (χ1n) is 6.77. The molecule has 80 valence electrons. The molecule has 0 rings (SSSR count). The summed E-state index contributed by atoms with van der Waals surface area (Å²) < 4.78 is 1.04. The van der Waals surface area contributed by atoms with Crippen molar-refractivity contribution < 1.29 is 0 Å². The second kappa shape index (κ2) is 12.1. The molecule has 14 heavy (non-hydrogen) atoms. The van der Waals surface area contributed by atoms with Crippen molar-refractivity contribution in [1.29, 1.82) is 0 Å². The van der Waals surface area contributed by atoms with Crippen LogP contribution in [0.3, 0.4) is 0 Å². The average Bonchev–Trinajstić information content (AvgIpc) is 2.15. The van der Waals surface area contributed by atoms with E-state index in [-0.39, 0.29) is 0 Å². The first kappa shape index (κ1) is 15.0. The molecule has 0 aromatic rings. The van der Waals surface area contributed by atoms with Gasteiger partial charge in [0.25, 0.3) is 0 Å². The van der Waals surface area contributed by atoms with Gasteiger partial charge in [-0.05, 0) is 0 Å². The van der Waals surface area contributed by atoms with Crippen LogP contribution in [0, 0.1) is 0 Å². The topological polar surface area (TPSA) is 0 Å². The third kappa shape index (κ3) is 13.0. The molecule has 0 aromatic carbocycles. The van der Waals surface area contributed by atoms with E-state index in [4.69, 9.17) is 0 Å². The van der Waals surface area contributed by atoms with E-state index in [0.717, 1.165) is 3.17 Å². The van der Waals surface area contributed by atoms with Crippen molar-refractivity contribution in [2.45, 2.75) is 81.2 Å². The molecule has 0 fully saturated rings. The zero-order chi connectivity index (χ0) is 10.6. The summed E-state index contributed by atoms with van der Waals surface area (Å²) in [6, 6.07) is 0. The van der Waals surface area contributed by atoms with Crippen molar-refractivity contribution in [2.75, 3.05) is 0 Å². The van der Waals surface area contributed by atoms with E-state index >= 15 is 0 Å². The predicted octanol–water partition coefficient (Wildman–Crippen LogP) is 4.88. The molecule has 0 heterocycles. The average molecular weight is 206 g/mol. The van der Waals surface area contributed by atoms with Gasteiger partial charge in [-0.1, -0.05) is 0 Å². The molecule has 0 saturated heterocycles. The van der Waals surface area contributed by atoms with Gasteiger partial charge in [0.15, 0.2) is 0 Å². The standard InChI is InChI=1S/C13H27.Na/c1-3-5-7-9-11-13-12-10-8-6-4-2;/h3H,4-13H2,1-2H3;. The molecule has 0 radical (unpaired) electrons. The van der Waals surface area contributed by atoms with Crippen molar-refractivity contribution in [1.82, 2.24) is 0 Å². The van der Waals surface area contributed by atoms with E-state index in [0.29, 0.717) is 0 Å². The van der Waals surface area contributed by atoms with Gasteiger partial charge >= 0.3 is 109 Å². The van der Waals surface area contributed by atoms with Gasteiger partial charge in [-0.3, -0.25) is 0 Å². The molecular formula is C13H27Na. The van der Waals surface area contributed by atoms with Gasteiger partial charge in [0.05, 0.1) is 0 Å². The third-order valence-electron chi connectivity index (χ3n) is 2.89. The molecule has 0 aliphatic carbocycles. The Bertz CT molecular complexity index is 99.4. The summed E-state index contributed by atoms with van der Waals surface area (Å²) in [5.74, 6) is 0. The van der Waals surface area contributed by atoms with Crippen molar-refractivity contribution in [3.63, 3.8) is 0 Å². The molecule has 0 aliphatic heterocycles. The predicted molar refractivity (Wildman–Crippen MR) is 67.0 cm³/mol. The molecule has 0 amide bonds. The Morgan fingerprint density at radius 2 is 1.21 bits per heavy atom. The van der Waals surface area contributed by atoms with E-state index in [9.17, 15) is 0 Å². The Kier molecular flexibility index (Phi) is 12.9. The number of hydrogen-bond acceptors (Lipinski definition) is 0. The minimum absolute atomic E-state index is 1.04. The van der Waals surface area contributed by atoms with Crippen LogP contribution in [0.15, 0.2) is 0 Å². The minimum atomic E-state index is 1.04. The summed E-state index contributed by atoms with van der Waals surface area (Å²) in [6.07, 6.45) is 14.7. The SMILES string of the molecule is CCCCCCCCCCC[CH](C)[Na]. The summed E-state index contributed by atoms with van der Waals surface area (Å²) in [7, 11) is 0. The van der Waals surface area contributed by atoms with Crippen LogP contribution < -0.4 is 0 Å². The Morgan fingerprint density at radius 1 is 0.786 bits per heavy atom. The van der Waals surface area contributed by atoms with E-state index in [1.54, 1.807) is 0 Å². The molecule has 1 unspecified atom stereocenters. The maximum absolute atomic E-state index is 2.39. The van der Waals surface area contributed by atoms with Gasteiger partial charge in [-0.25, -0.2) is 0 Å². The van der Waals surface area contributed by atoms with Crippen molar-refractivity contribution in [3.8, 4) is 0 Å². The van der Waals surface area contributed by atoms with E-state index in [1.807, 2.05) is 0 Å². The van der Waals surface area contributed by atoms with Crippen LogP contribution in [-0.2, 0) is 0 Å². The quantitative estimate of drug-likeness (QED) is 0.353. The Balaban J connectivity index is 2.85. The molecule has 0 aromatic heterocycles. The Hall–Kier alpha value is 1.00. The van der Waals surface area contributed by atoms with Crippen LogP contribution in [0.25, 0.3) is 0 Å². The van der Waals surface area contributed by atoms with E-state index in [1.165, 1.54) is 92.1 Å². The summed E-state index contributed by atoms with van der Waals surface area (Å²) in [5, 5.41) is 0. The molecule has 0 bridgehead atoms. The number of hydrogen-bond donors (Lipinski definition) is 0. The van der Waals surface area contributed by atoms with E-state index < -0.39 is 0 Å². The van der Waals surface area contributed by atoms with Crippen molar-refractivity contribution in [3.05, 3.63) is 0 Å². The first-order chi connectivity index (χ1) is 6.77. The Labute approximate surface area is 109 Å².